The molecule has 170 valence electrons. The van der Waals surface area contributed by atoms with E-state index >= 15 is 0 Å². The number of methoxy groups -OCH3 is 1. The monoisotopic (exact) mass is 463 g/mol. The van der Waals surface area contributed by atoms with Gasteiger partial charge in [-0.15, -0.1) is 5.10 Å². The molecule has 0 radical (unpaired) electrons. The first-order valence-corrected chi connectivity index (χ1v) is 10.9. The van der Waals surface area contributed by atoms with Gasteiger partial charge in [0.05, 0.1) is 18.8 Å². The molecular weight excluding hydrogens is 439 g/mol. The van der Waals surface area contributed by atoms with Crippen LogP contribution in [0.2, 0.25) is 0 Å². The standard InChI is InChI=1S/C13H13N3OS.C10H11F3O/c1-4-13(15-14-7-1)16-18-11-6-5-10-3-2-8-17-12(10)9-11;1-14-6-5-8-3-2-4-9(7-8)10(11,12)13/h1,4-7,9H,2-3,8H2,(H,15,16);2-4,7H,5-6H2,1H3. The normalized spacial score (nSPS) is 12.8. The van der Waals surface area contributed by atoms with Crippen LogP contribution in [-0.2, 0) is 23.8 Å². The quantitative estimate of drug-likeness (QED) is 0.465. The summed E-state index contributed by atoms with van der Waals surface area (Å²) in [7, 11) is 1.52. The van der Waals surface area contributed by atoms with Crippen LogP contribution < -0.4 is 9.46 Å². The molecule has 5 nitrogen and oxygen atoms in total. The van der Waals surface area contributed by atoms with Crippen LogP contribution in [0.15, 0.2) is 65.7 Å². The summed E-state index contributed by atoms with van der Waals surface area (Å²) < 4.78 is 50.4. The van der Waals surface area contributed by atoms with E-state index in [1.54, 1.807) is 12.3 Å². The molecule has 0 saturated carbocycles. The first-order chi connectivity index (χ1) is 15.5. The smallest absolute Gasteiger partial charge is 0.416 e. The van der Waals surface area contributed by atoms with Gasteiger partial charge >= 0.3 is 6.18 Å². The molecule has 1 aromatic heterocycles. The lowest BCUT2D eigenvalue weighted by Gasteiger charge is -2.17. The summed E-state index contributed by atoms with van der Waals surface area (Å²) in [5, 5.41) is 7.78. The Bertz CT molecular complexity index is 988. The van der Waals surface area contributed by atoms with Crippen molar-refractivity contribution in [1.29, 1.82) is 0 Å². The maximum atomic E-state index is 12.3. The number of hydrogen-bond donors (Lipinski definition) is 1. The second-order valence-corrected chi connectivity index (χ2v) is 7.86. The van der Waals surface area contributed by atoms with Gasteiger partial charge in [-0.25, -0.2) is 0 Å². The van der Waals surface area contributed by atoms with E-state index in [1.165, 1.54) is 30.7 Å². The third kappa shape index (κ3) is 7.42. The van der Waals surface area contributed by atoms with Crippen LogP contribution in [0, 0.1) is 0 Å². The maximum Gasteiger partial charge on any atom is 0.416 e. The van der Waals surface area contributed by atoms with Gasteiger partial charge in [0, 0.05) is 18.2 Å². The molecule has 2 aromatic carbocycles. The summed E-state index contributed by atoms with van der Waals surface area (Å²) in [5.41, 5.74) is 1.33. The highest BCUT2D eigenvalue weighted by atomic mass is 32.2. The van der Waals surface area contributed by atoms with E-state index in [0.29, 0.717) is 18.6 Å². The van der Waals surface area contributed by atoms with Crippen molar-refractivity contribution in [2.45, 2.75) is 30.3 Å². The Morgan fingerprint density at radius 3 is 2.75 bits per heavy atom. The number of hydrogen-bond acceptors (Lipinski definition) is 6. The predicted octanol–water partition coefficient (Wildman–Crippen LogP) is 5.82. The van der Waals surface area contributed by atoms with E-state index < -0.39 is 11.7 Å². The molecule has 0 unspecified atom stereocenters. The van der Waals surface area contributed by atoms with Crippen molar-refractivity contribution >= 4 is 17.8 Å². The fraction of sp³-hybridized carbons (Fsp3) is 0.304. The summed E-state index contributed by atoms with van der Waals surface area (Å²) >= 11 is 1.51. The van der Waals surface area contributed by atoms with Crippen LogP contribution >= 0.6 is 11.9 Å². The highest BCUT2D eigenvalue weighted by molar-refractivity contribution is 8.00. The minimum atomic E-state index is -4.26. The lowest BCUT2D eigenvalue weighted by molar-refractivity contribution is -0.137. The van der Waals surface area contributed by atoms with Crippen molar-refractivity contribution in [3.63, 3.8) is 0 Å². The summed E-state index contributed by atoms with van der Waals surface area (Å²) in [4.78, 5) is 1.11. The zero-order valence-corrected chi connectivity index (χ0v) is 18.4. The van der Waals surface area contributed by atoms with Gasteiger partial charge in [0.1, 0.15) is 5.75 Å². The van der Waals surface area contributed by atoms with Gasteiger partial charge in [0.15, 0.2) is 5.82 Å². The highest BCUT2D eigenvalue weighted by Crippen LogP contribution is 2.31. The number of benzene rings is 2. The first kappa shape index (κ1) is 23.9. The number of ether oxygens (including phenoxy) is 2. The fourth-order valence-electron chi connectivity index (χ4n) is 2.97. The molecule has 0 spiro atoms. The molecule has 0 bridgehead atoms. The van der Waals surface area contributed by atoms with Gasteiger partial charge in [-0.1, -0.05) is 24.3 Å². The Kier molecular flexibility index (Phi) is 8.75. The molecule has 0 saturated heterocycles. The van der Waals surface area contributed by atoms with E-state index in [9.17, 15) is 13.2 Å². The van der Waals surface area contributed by atoms with E-state index in [1.807, 2.05) is 12.1 Å². The first-order valence-electron chi connectivity index (χ1n) is 10.1. The minimum absolute atomic E-state index is 0.432. The molecule has 2 heterocycles. The molecule has 0 fully saturated rings. The number of fused-ring (bicyclic) bond motifs is 1. The number of alkyl halides is 3. The Balaban J connectivity index is 0.000000188. The molecule has 4 rings (SSSR count). The Morgan fingerprint density at radius 1 is 1.12 bits per heavy atom. The van der Waals surface area contributed by atoms with Gasteiger partial charge in [-0.3, -0.25) is 0 Å². The van der Waals surface area contributed by atoms with Crippen molar-refractivity contribution in [3.8, 4) is 5.75 Å². The third-order valence-electron chi connectivity index (χ3n) is 4.58. The largest absolute Gasteiger partial charge is 0.493 e. The van der Waals surface area contributed by atoms with Crippen LogP contribution in [0.25, 0.3) is 0 Å². The molecule has 1 N–H and O–H groups in total. The van der Waals surface area contributed by atoms with Crippen molar-refractivity contribution < 1.29 is 22.6 Å². The molecule has 0 aliphatic carbocycles. The van der Waals surface area contributed by atoms with Gasteiger partial charge in [-0.05, 0) is 72.7 Å². The topological polar surface area (TPSA) is 56.3 Å². The Morgan fingerprint density at radius 2 is 2.00 bits per heavy atom. The number of nitrogens with zero attached hydrogens (tertiary/aromatic N) is 2. The maximum absolute atomic E-state index is 12.3. The molecular formula is C23H24F3N3O2S. The molecule has 9 heteroatoms. The van der Waals surface area contributed by atoms with Crippen LogP contribution in [-0.4, -0.2) is 30.5 Å². The molecule has 32 heavy (non-hydrogen) atoms. The second-order valence-electron chi connectivity index (χ2n) is 6.98. The van der Waals surface area contributed by atoms with Crippen LogP contribution in [0.4, 0.5) is 19.0 Å². The zero-order chi connectivity index (χ0) is 22.8. The number of aryl methyl sites for hydroxylation is 1. The van der Waals surface area contributed by atoms with Gasteiger partial charge in [-0.2, -0.15) is 18.3 Å². The third-order valence-corrected chi connectivity index (χ3v) is 5.38. The van der Waals surface area contributed by atoms with Crippen molar-refractivity contribution in [1.82, 2.24) is 10.2 Å². The number of nitrogens with one attached hydrogen (secondary N) is 1. The summed E-state index contributed by atoms with van der Waals surface area (Å²) in [5.74, 6) is 1.76. The van der Waals surface area contributed by atoms with E-state index in [4.69, 9.17) is 9.47 Å². The number of rotatable bonds is 6. The zero-order valence-electron chi connectivity index (χ0n) is 17.6. The van der Waals surface area contributed by atoms with Crippen LogP contribution in [0.1, 0.15) is 23.1 Å². The number of anilines is 1. The van der Waals surface area contributed by atoms with E-state index in [-0.39, 0.29) is 0 Å². The van der Waals surface area contributed by atoms with Crippen molar-refractivity contribution in [2.24, 2.45) is 0 Å². The van der Waals surface area contributed by atoms with Crippen molar-refractivity contribution in [2.75, 3.05) is 25.0 Å². The Labute approximate surface area is 189 Å². The predicted molar refractivity (Wildman–Crippen MR) is 119 cm³/mol. The van der Waals surface area contributed by atoms with Crippen molar-refractivity contribution in [3.05, 3.63) is 77.5 Å². The summed E-state index contributed by atoms with van der Waals surface area (Å²) in [6.07, 6.45) is 0.112. The minimum Gasteiger partial charge on any atom is -0.493 e. The SMILES string of the molecule is COCCc1cccc(C(F)(F)F)c1.c1cnnc(NSc2ccc3c(c2)OCCC3)c1. The highest BCUT2D eigenvalue weighted by Gasteiger charge is 2.30. The second kappa shape index (κ2) is 11.7. The molecule has 0 atom stereocenters. The fourth-order valence-corrected chi connectivity index (χ4v) is 3.61. The lowest BCUT2D eigenvalue weighted by Crippen LogP contribution is -2.08. The summed E-state index contributed by atoms with van der Waals surface area (Å²) in [6, 6.07) is 15.3. The van der Waals surface area contributed by atoms with Gasteiger partial charge in [0.2, 0.25) is 0 Å². The lowest BCUT2D eigenvalue weighted by atomic mass is 10.1. The molecule has 1 aliphatic heterocycles. The average molecular weight is 464 g/mol. The van der Waals surface area contributed by atoms with Crippen LogP contribution in [0.5, 0.6) is 5.75 Å². The number of aromatic nitrogens is 2. The molecule has 0 amide bonds. The van der Waals surface area contributed by atoms with Gasteiger partial charge in [0.25, 0.3) is 0 Å². The van der Waals surface area contributed by atoms with Crippen LogP contribution in [0.3, 0.4) is 0 Å². The van der Waals surface area contributed by atoms with E-state index in [2.05, 4.69) is 33.1 Å². The Hall–Kier alpha value is -2.78. The molecule has 3 aromatic rings. The average Bonchev–Trinajstić information content (AvgIpc) is 2.82. The molecule has 1 aliphatic rings. The number of halogens is 3. The van der Waals surface area contributed by atoms with Gasteiger partial charge < -0.3 is 14.2 Å². The van der Waals surface area contributed by atoms with E-state index in [0.717, 1.165) is 48.0 Å². The summed E-state index contributed by atoms with van der Waals surface area (Å²) in [6.45, 7) is 1.25.